The molecule has 0 aromatic carbocycles. The van der Waals surface area contributed by atoms with Gasteiger partial charge in [0.1, 0.15) is 0 Å². The number of esters is 1. The molecular weight excluding hydrogens is 316 g/mol. The van der Waals surface area contributed by atoms with Gasteiger partial charge in [-0.15, -0.1) is 0 Å². The van der Waals surface area contributed by atoms with Crippen molar-refractivity contribution in [1.82, 2.24) is 5.32 Å². The van der Waals surface area contributed by atoms with Crippen LogP contribution in [0.1, 0.15) is 34.1 Å². The van der Waals surface area contributed by atoms with Crippen molar-refractivity contribution >= 4 is 19.4 Å². The molecule has 0 fully saturated rings. The number of alkyl carbamates (subject to hydrolysis) is 1. The molecule has 0 spiro atoms. The Labute approximate surface area is 130 Å². The summed E-state index contributed by atoms with van der Waals surface area (Å²) in [5.41, 5.74) is 0. The molecule has 0 aliphatic carbocycles. The highest BCUT2D eigenvalue weighted by molar-refractivity contribution is 7.57. The molecule has 7 nitrogen and oxygen atoms in total. The third-order valence-electron chi connectivity index (χ3n) is 2.64. The van der Waals surface area contributed by atoms with Gasteiger partial charge in [-0.05, 0) is 0 Å². The van der Waals surface area contributed by atoms with Crippen molar-refractivity contribution in [1.29, 1.82) is 0 Å². The van der Waals surface area contributed by atoms with Crippen LogP contribution in [0.25, 0.3) is 0 Å². The standard InChI is InChI=1S/C13H25FNO6P/c1-8(2)11(16)20-12(9(3)4)21-13(17)15-7-6-10(14)22(5,18)19/h8-10,12H,6-7H2,1-5H3,(H,15,17)(H,18,19)/t10-,12?/m0/s1. The molecule has 0 aliphatic heterocycles. The first-order valence-electron chi connectivity index (χ1n) is 7.04. The van der Waals surface area contributed by atoms with Crippen LogP contribution in [0.4, 0.5) is 9.18 Å². The Morgan fingerprint density at radius 2 is 1.77 bits per heavy atom. The fourth-order valence-corrected chi connectivity index (χ4v) is 1.84. The number of hydrogen-bond donors (Lipinski definition) is 2. The van der Waals surface area contributed by atoms with E-state index < -0.39 is 31.6 Å². The van der Waals surface area contributed by atoms with Crippen LogP contribution >= 0.6 is 7.37 Å². The molecule has 0 aliphatic rings. The van der Waals surface area contributed by atoms with Gasteiger partial charge in [0, 0.05) is 25.5 Å². The second kappa shape index (κ2) is 9.10. The topological polar surface area (TPSA) is 102 Å². The van der Waals surface area contributed by atoms with Gasteiger partial charge in [-0.3, -0.25) is 9.36 Å². The summed E-state index contributed by atoms with van der Waals surface area (Å²) in [5.74, 6) is -3.02. The molecule has 3 atom stereocenters. The number of carbonyl (C=O) groups excluding carboxylic acids is 2. The molecule has 0 aromatic rings. The molecule has 9 heteroatoms. The number of nitrogens with one attached hydrogen (secondary N) is 1. The molecule has 0 rings (SSSR count). The monoisotopic (exact) mass is 341 g/mol. The quantitative estimate of drug-likeness (QED) is 0.399. The zero-order chi connectivity index (χ0) is 17.5. The predicted octanol–water partition coefficient (Wildman–Crippen LogP) is 2.48. The summed E-state index contributed by atoms with van der Waals surface area (Å²) >= 11 is 0. The van der Waals surface area contributed by atoms with Crippen LogP contribution in [-0.2, 0) is 18.8 Å². The highest BCUT2D eigenvalue weighted by Crippen LogP contribution is 2.43. The van der Waals surface area contributed by atoms with E-state index in [1.165, 1.54) is 0 Å². The molecule has 0 heterocycles. The van der Waals surface area contributed by atoms with Gasteiger partial charge in [0.2, 0.25) is 7.37 Å². The van der Waals surface area contributed by atoms with E-state index in [0.29, 0.717) is 0 Å². The van der Waals surface area contributed by atoms with E-state index in [-0.39, 0.29) is 24.8 Å². The van der Waals surface area contributed by atoms with Crippen molar-refractivity contribution in [2.24, 2.45) is 11.8 Å². The second-order valence-corrected chi connectivity index (χ2v) is 8.15. The lowest BCUT2D eigenvalue weighted by molar-refractivity contribution is -0.178. The van der Waals surface area contributed by atoms with Gasteiger partial charge in [0.05, 0.1) is 5.92 Å². The lowest BCUT2D eigenvalue weighted by Crippen LogP contribution is -2.36. The third-order valence-corrected chi connectivity index (χ3v) is 3.94. The smallest absolute Gasteiger partial charge is 0.410 e. The van der Waals surface area contributed by atoms with Crippen molar-refractivity contribution in [2.75, 3.05) is 13.2 Å². The SMILES string of the molecule is CC(C)C(=O)OC(OC(=O)NCC[C@@H](F)P(C)(=O)O)C(C)C. The van der Waals surface area contributed by atoms with E-state index in [1.807, 2.05) is 0 Å². The van der Waals surface area contributed by atoms with Crippen molar-refractivity contribution in [3.05, 3.63) is 0 Å². The largest absolute Gasteiger partial charge is 0.425 e. The lowest BCUT2D eigenvalue weighted by Gasteiger charge is -2.22. The Morgan fingerprint density at radius 3 is 2.18 bits per heavy atom. The average Bonchev–Trinajstić information content (AvgIpc) is 2.36. The molecule has 0 saturated carbocycles. The van der Waals surface area contributed by atoms with E-state index in [1.54, 1.807) is 27.7 Å². The fourth-order valence-electron chi connectivity index (χ4n) is 1.23. The number of halogens is 1. The minimum atomic E-state index is -3.82. The Morgan fingerprint density at radius 1 is 1.23 bits per heavy atom. The zero-order valence-electron chi connectivity index (χ0n) is 13.5. The first-order chi connectivity index (χ1) is 9.95. The van der Waals surface area contributed by atoms with Gasteiger partial charge in [0.25, 0.3) is 6.29 Å². The Kier molecular flexibility index (Phi) is 8.63. The lowest BCUT2D eigenvalue weighted by atomic mass is 10.2. The zero-order valence-corrected chi connectivity index (χ0v) is 14.4. The van der Waals surface area contributed by atoms with Gasteiger partial charge in [-0.1, -0.05) is 27.7 Å². The average molecular weight is 341 g/mol. The third kappa shape index (κ3) is 8.34. The summed E-state index contributed by atoms with van der Waals surface area (Å²) in [6, 6.07) is 0. The molecule has 2 unspecified atom stereocenters. The van der Waals surface area contributed by atoms with Crippen molar-refractivity contribution in [2.45, 2.75) is 46.3 Å². The van der Waals surface area contributed by atoms with E-state index in [0.717, 1.165) is 6.66 Å². The molecular formula is C13H25FNO6P. The van der Waals surface area contributed by atoms with E-state index in [9.17, 15) is 18.5 Å². The minimum Gasteiger partial charge on any atom is -0.425 e. The Hall–Kier alpha value is -1.14. The van der Waals surface area contributed by atoms with Crippen molar-refractivity contribution < 1.29 is 32.9 Å². The summed E-state index contributed by atoms with van der Waals surface area (Å²) < 4.78 is 34.3. The minimum absolute atomic E-state index is 0.165. The molecule has 130 valence electrons. The maximum atomic E-state index is 13.2. The van der Waals surface area contributed by atoms with Crippen LogP contribution in [0.5, 0.6) is 0 Å². The number of ether oxygens (including phenoxy) is 2. The van der Waals surface area contributed by atoms with Gasteiger partial charge in [-0.2, -0.15) is 0 Å². The van der Waals surface area contributed by atoms with Crippen LogP contribution in [0.15, 0.2) is 0 Å². The maximum absolute atomic E-state index is 13.2. The molecule has 0 aromatic heterocycles. The van der Waals surface area contributed by atoms with Crippen LogP contribution in [0.3, 0.4) is 0 Å². The van der Waals surface area contributed by atoms with Gasteiger partial charge < -0.3 is 19.7 Å². The molecule has 1 amide bonds. The van der Waals surface area contributed by atoms with Crippen LogP contribution in [-0.4, -0.2) is 42.4 Å². The highest BCUT2D eigenvalue weighted by Gasteiger charge is 2.26. The number of hydrogen-bond acceptors (Lipinski definition) is 5. The summed E-state index contributed by atoms with van der Waals surface area (Å²) in [5, 5.41) is 2.25. The molecule has 0 radical (unpaired) electrons. The fraction of sp³-hybridized carbons (Fsp3) is 0.846. The van der Waals surface area contributed by atoms with E-state index in [2.05, 4.69) is 5.32 Å². The molecule has 0 saturated heterocycles. The number of alkyl halides is 1. The number of carbonyl (C=O) groups is 2. The summed E-state index contributed by atoms with van der Waals surface area (Å²) in [4.78, 5) is 32.1. The number of rotatable bonds is 8. The number of amides is 1. The maximum Gasteiger partial charge on any atom is 0.410 e. The summed E-state index contributed by atoms with van der Waals surface area (Å²) in [7, 11) is -3.82. The highest BCUT2D eigenvalue weighted by atomic mass is 31.2. The van der Waals surface area contributed by atoms with Gasteiger partial charge in [0.15, 0.2) is 5.91 Å². The normalized spacial score (nSPS) is 16.8. The molecule has 0 bridgehead atoms. The van der Waals surface area contributed by atoms with E-state index >= 15 is 0 Å². The van der Waals surface area contributed by atoms with Crippen molar-refractivity contribution in [3.63, 3.8) is 0 Å². The second-order valence-electron chi connectivity index (χ2n) is 5.70. The molecule has 2 N–H and O–H groups in total. The first-order valence-corrected chi connectivity index (χ1v) is 9.21. The Bertz CT molecular complexity index is 423. The van der Waals surface area contributed by atoms with Crippen molar-refractivity contribution in [3.8, 4) is 0 Å². The summed E-state index contributed by atoms with van der Waals surface area (Å²) in [6.45, 7) is 7.47. The Balaban J connectivity index is 4.31. The first kappa shape index (κ1) is 20.9. The van der Waals surface area contributed by atoms with Gasteiger partial charge >= 0.3 is 12.1 Å². The predicted molar refractivity (Wildman–Crippen MR) is 79.3 cm³/mol. The van der Waals surface area contributed by atoms with Crippen LogP contribution in [0.2, 0.25) is 0 Å². The van der Waals surface area contributed by atoms with Gasteiger partial charge in [-0.25, -0.2) is 9.18 Å². The van der Waals surface area contributed by atoms with Crippen LogP contribution in [0, 0.1) is 11.8 Å². The van der Waals surface area contributed by atoms with Crippen LogP contribution < -0.4 is 5.32 Å². The van der Waals surface area contributed by atoms with E-state index in [4.69, 9.17) is 14.4 Å². The summed E-state index contributed by atoms with van der Waals surface area (Å²) in [6.07, 6.45) is -2.24. The molecule has 22 heavy (non-hydrogen) atoms.